The predicted octanol–water partition coefficient (Wildman–Crippen LogP) is 2.91. The Kier molecular flexibility index (Phi) is 11.7. The monoisotopic (exact) mass is 525 g/mol. The van der Waals surface area contributed by atoms with Crippen LogP contribution in [0.1, 0.15) is 25.0 Å². The first-order chi connectivity index (χ1) is 13.4. The standard InChI is InChI=1S/C20H33F2N5O.HI/c1-5-23-20(24-13-16(3)27-10-8-26(4)9-11-27)25-14-17-12-15(2)6-7-18(17)28-19(21)22;/h6-7,12,16,19H,5,8-11,13-14H2,1-4H3,(H2,23,24,25);1H. The van der Waals surface area contributed by atoms with E-state index in [1.807, 2.05) is 19.9 Å². The number of hydrogen-bond acceptors (Lipinski definition) is 4. The number of likely N-dealkylation sites (N-methyl/N-ethyl adjacent to an activating group) is 1. The summed E-state index contributed by atoms with van der Waals surface area (Å²) in [5.41, 5.74) is 1.62. The normalized spacial score (nSPS) is 17.0. The average Bonchev–Trinajstić information content (AvgIpc) is 2.66. The van der Waals surface area contributed by atoms with Crippen LogP contribution in [-0.2, 0) is 6.54 Å². The maximum atomic E-state index is 12.6. The van der Waals surface area contributed by atoms with E-state index in [0.717, 1.165) is 44.8 Å². The van der Waals surface area contributed by atoms with Crippen molar-refractivity contribution >= 4 is 29.9 Å². The van der Waals surface area contributed by atoms with Crippen molar-refractivity contribution in [1.82, 2.24) is 20.4 Å². The van der Waals surface area contributed by atoms with Gasteiger partial charge in [0.2, 0.25) is 0 Å². The number of nitrogens with one attached hydrogen (secondary N) is 2. The maximum absolute atomic E-state index is 12.6. The van der Waals surface area contributed by atoms with Crippen LogP contribution < -0.4 is 15.4 Å². The van der Waals surface area contributed by atoms with Crippen LogP contribution in [0.25, 0.3) is 0 Å². The molecule has 166 valence electrons. The van der Waals surface area contributed by atoms with Crippen LogP contribution in [-0.4, -0.2) is 74.7 Å². The third-order valence-electron chi connectivity index (χ3n) is 4.91. The Hall–Kier alpha value is -1.20. The Labute approximate surface area is 190 Å². The number of halogens is 3. The van der Waals surface area contributed by atoms with Crippen molar-refractivity contribution in [2.45, 2.75) is 40.0 Å². The van der Waals surface area contributed by atoms with Gasteiger partial charge in [-0.3, -0.25) is 4.90 Å². The molecule has 1 aliphatic heterocycles. The molecular formula is C20H34F2IN5O. The lowest BCUT2D eigenvalue weighted by Gasteiger charge is -2.36. The SMILES string of the molecule is CCNC(=NCc1cc(C)ccc1OC(F)F)NCC(C)N1CCN(C)CC1.I. The summed E-state index contributed by atoms with van der Waals surface area (Å²) in [6, 6.07) is 5.54. The lowest BCUT2D eigenvalue weighted by atomic mass is 10.1. The molecule has 29 heavy (non-hydrogen) atoms. The average molecular weight is 525 g/mol. The highest BCUT2D eigenvalue weighted by Crippen LogP contribution is 2.22. The zero-order valence-corrected chi connectivity index (χ0v) is 20.1. The summed E-state index contributed by atoms with van der Waals surface area (Å²) in [7, 11) is 2.15. The van der Waals surface area contributed by atoms with Gasteiger partial charge in [-0.2, -0.15) is 8.78 Å². The molecule has 1 aliphatic rings. The fourth-order valence-electron chi connectivity index (χ4n) is 3.18. The van der Waals surface area contributed by atoms with Crippen molar-refractivity contribution in [3.05, 3.63) is 29.3 Å². The fraction of sp³-hybridized carbons (Fsp3) is 0.650. The number of alkyl halides is 2. The van der Waals surface area contributed by atoms with Gasteiger partial charge in [0.05, 0.1) is 6.54 Å². The van der Waals surface area contributed by atoms with E-state index in [2.05, 4.69) is 44.1 Å². The Morgan fingerprint density at radius 2 is 1.90 bits per heavy atom. The van der Waals surface area contributed by atoms with Crippen LogP contribution in [0.4, 0.5) is 8.78 Å². The third kappa shape index (κ3) is 9.00. The number of benzene rings is 1. The van der Waals surface area contributed by atoms with Gasteiger partial charge in [-0.15, -0.1) is 24.0 Å². The Morgan fingerprint density at radius 1 is 1.21 bits per heavy atom. The van der Waals surface area contributed by atoms with E-state index < -0.39 is 6.61 Å². The summed E-state index contributed by atoms with van der Waals surface area (Å²) in [4.78, 5) is 9.37. The molecule has 1 aromatic rings. The van der Waals surface area contributed by atoms with Crippen LogP contribution >= 0.6 is 24.0 Å². The summed E-state index contributed by atoms with van der Waals surface area (Å²) in [6.45, 7) is 9.32. The van der Waals surface area contributed by atoms with Crippen molar-refractivity contribution in [2.24, 2.45) is 4.99 Å². The predicted molar refractivity (Wildman–Crippen MR) is 125 cm³/mol. The van der Waals surface area contributed by atoms with E-state index in [-0.39, 0.29) is 36.3 Å². The molecule has 0 amide bonds. The van der Waals surface area contributed by atoms with Crippen LogP contribution in [0.3, 0.4) is 0 Å². The minimum absolute atomic E-state index is 0. The zero-order valence-electron chi connectivity index (χ0n) is 17.8. The first-order valence-electron chi connectivity index (χ1n) is 9.88. The highest BCUT2D eigenvalue weighted by molar-refractivity contribution is 14.0. The number of aryl methyl sites for hydroxylation is 1. The number of guanidine groups is 1. The number of ether oxygens (including phenoxy) is 1. The zero-order chi connectivity index (χ0) is 20.5. The van der Waals surface area contributed by atoms with E-state index in [0.29, 0.717) is 17.6 Å². The number of rotatable bonds is 8. The molecule has 1 fully saturated rings. The molecule has 0 bridgehead atoms. The molecule has 0 saturated carbocycles. The van der Waals surface area contributed by atoms with Crippen molar-refractivity contribution in [1.29, 1.82) is 0 Å². The molecule has 9 heteroatoms. The molecule has 1 aromatic carbocycles. The van der Waals surface area contributed by atoms with Crippen molar-refractivity contribution in [3.8, 4) is 5.75 Å². The quantitative estimate of drug-likeness (QED) is 0.311. The van der Waals surface area contributed by atoms with E-state index in [4.69, 9.17) is 0 Å². The van der Waals surface area contributed by atoms with Crippen LogP contribution in [0, 0.1) is 6.92 Å². The largest absolute Gasteiger partial charge is 0.434 e. The van der Waals surface area contributed by atoms with Gasteiger partial charge in [-0.25, -0.2) is 4.99 Å². The Balaban J connectivity index is 0.00000420. The van der Waals surface area contributed by atoms with Gasteiger partial charge in [-0.1, -0.05) is 17.7 Å². The molecular weight excluding hydrogens is 491 g/mol. The summed E-state index contributed by atoms with van der Waals surface area (Å²) in [6.07, 6.45) is 0. The second-order valence-corrected chi connectivity index (χ2v) is 7.25. The molecule has 1 heterocycles. The Bertz CT molecular complexity index is 639. The molecule has 2 N–H and O–H groups in total. The number of aliphatic imine (C=N–C) groups is 1. The topological polar surface area (TPSA) is 52.1 Å². The molecule has 6 nitrogen and oxygen atoms in total. The molecule has 0 aromatic heterocycles. The van der Waals surface area contributed by atoms with Gasteiger partial charge in [0, 0.05) is 50.9 Å². The number of nitrogens with zero attached hydrogens (tertiary/aromatic N) is 3. The van der Waals surface area contributed by atoms with Crippen molar-refractivity contribution in [3.63, 3.8) is 0 Å². The van der Waals surface area contributed by atoms with Crippen LogP contribution in [0.15, 0.2) is 23.2 Å². The van der Waals surface area contributed by atoms with E-state index in [1.54, 1.807) is 12.1 Å². The minimum Gasteiger partial charge on any atom is -0.434 e. The molecule has 0 spiro atoms. The number of hydrogen-bond donors (Lipinski definition) is 2. The van der Waals surface area contributed by atoms with Gasteiger partial charge in [0.15, 0.2) is 5.96 Å². The highest BCUT2D eigenvalue weighted by Gasteiger charge is 2.19. The molecule has 2 rings (SSSR count). The van der Waals surface area contributed by atoms with Gasteiger partial charge in [0.25, 0.3) is 0 Å². The summed E-state index contributed by atoms with van der Waals surface area (Å²) >= 11 is 0. The smallest absolute Gasteiger partial charge is 0.387 e. The van der Waals surface area contributed by atoms with Gasteiger partial charge < -0.3 is 20.3 Å². The second kappa shape index (κ2) is 13.2. The second-order valence-electron chi connectivity index (χ2n) is 7.25. The molecule has 1 saturated heterocycles. The van der Waals surface area contributed by atoms with E-state index in [9.17, 15) is 8.78 Å². The lowest BCUT2D eigenvalue weighted by Crippen LogP contribution is -2.52. The molecule has 0 aliphatic carbocycles. The first-order valence-corrected chi connectivity index (χ1v) is 9.88. The molecule has 1 atom stereocenters. The lowest BCUT2D eigenvalue weighted by molar-refractivity contribution is -0.0504. The van der Waals surface area contributed by atoms with Crippen LogP contribution in [0.2, 0.25) is 0 Å². The van der Waals surface area contributed by atoms with Crippen molar-refractivity contribution < 1.29 is 13.5 Å². The maximum Gasteiger partial charge on any atom is 0.387 e. The highest BCUT2D eigenvalue weighted by atomic mass is 127. The molecule has 0 radical (unpaired) electrons. The third-order valence-corrected chi connectivity index (χ3v) is 4.91. The summed E-state index contributed by atoms with van der Waals surface area (Å²) in [5.74, 6) is 0.846. The summed E-state index contributed by atoms with van der Waals surface area (Å²) in [5, 5.41) is 6.58. The van der Waals surface area contributed by atoms with Gasteiger partial charge in [0.1, 0.15) is 5.75 Å². The number of piperazine rings is 1. The van der Waals surface area contributed by atoms with Gasteiger partial charge >= 0.3 is 6.61 Å². The van der Waals surface area contributed by atoms with E-state index >= 15 is 0 Å². The van der Waals surface area contributed by atoms with E-state index in [1.165, 1.54) is 0 Å². The molecule has 1 unspecified atom stereocenters. The summed E-state index contributed by atoms with van der Waals surface area (Å²) < 4.78 is 29.9. The van der Waals surface area contributed by atoms with Crippen LogP contribution in [0.5, 0.6) is 5.75 Å². The van der Waals surface area contributed by atoms with Crippen molar-refractivity contribution in [2.75, 3.05) is 46.3 Å². The minimum atomic E-state index is -2.85. The fourth-order valence-corrected chi connectivity index (χ4v) is 3.18. The van der Waals surface area contributed by atoms with Gasteiger partial charge in [-0.05, 0) is 33.9 Å². The first kappa shape index (κ1) is 25.8. The Morgan fingerprint density at radius 3 is 2.52 bits per heavy atom.